The Kier molecular flexibility index (Phi) is 5.73. The quantitative estimate of drug-likeness (QED) is 0.655. The molecule has 7 heteroatoms. The summed E-state index contributed by atoms with van der Waals surface area (Å²) in [6.07, 6.45) is 2.87. The highest BCUT2D eigenvalue weighted by Crippen LogP contribution is 2.17. The molecule has 2 aromatic carbocycles. The van der Waals surface area contributed by atoms with Crippen molar-refractivity contribution in [3.63, 3.8) is 0 Å². The van der Waals surface area contributed by atoms with Gasteiger partial charge >= 0.3 is 5.97 Å². The summed E-state index contributed by atoms with van der Waals surface area (Å²) < 4.78 is 4.72. The van der Waals surface area contributed by atoms with Gasteiger partial charge in [0.15, 0.2) is 0 Å². The molecule has 0 unspecified atom stereocenters. The number of hydrogen-bond acceptors (Lipinski definition) is 6. The maximum Gasteiger partial charge on any atom is 0.339 e. The number of esters is 1. The van der Waals surface area contributed by atoms with Crippen molar-refractivity contribution in [1.82, 2.24) is 9.97 Å². The molecule has 27 heavy (non-hydrogen) atoms. The summed E-state index contributed by atoms with van der Waals surface area (Å²) >= 11 is 0. The minimum atomic E-state index is -0.530. The average Bonchev–Trinajstić information content (AvgIpc) is 2.73. The number of methoxy groups -OCH3 is 1. The molecule has 0 saturated carbocycles. The SMILES string of the molecule is COC(=O)c1ccccc1NC(=O)c1cnc(NCc2ccccc2)cn1. The molecule has 1 heterocycles. The van der Waals surface area contributed by atoms with Gasteiger partial charge in [-0.1, -0.05) is 42.5 Å². The van der Waals surface area contributed by atoms with Gasteiger partial charge in [-0.15, -0.1) is 0 Å². The van der Waals surface area contributed by atoms with Crippen LogP contribution in [0.5, 0.6) is 0 Å². The van der Waals surface area contributed by atoms with E-state index < -0.39 is 11.9 Å². The molecule has 0 radical (unpaired) electrons. The molecule has 3 aromatic rings. The molecule has 0 aliphatic rings. The maximum absolute atomic E-state index is 12.4. The van der Waals surface area contributed by atoms with Crippen molar-refractivity contribution in [2.75, 3.05) is 17.7 Å². The number of rotatable bonds is 6. The molecule has 3 rings (SSSR count). The lowest BCUT2D eigenvalue weighted by molar-refractivity contribution is 0.0602. The van der Waals surface area contributed by atoms with E-state index >= 15 is 0 Å². The molecule has 0 atom stereocenters. The van der Waals surface area contributed by atoms with E-state index in [0.717, 1.165) is 5.56 Å². The van der Waals surface area contributed by atoms with Gasteiger partial charge in [0.25, 0.3) is 5.91 Å². The van der Waals surface area contributed by atoms with E-state index in [4.69, 9.17) is 4.74 Å². The smallest absolute Gasteiger partial charge is 0.339 e. The van der Waals surface area contributed by atoms with E-state index in [2.05, 4.69) is 20.6 Å². The van der Waals surface area contributed by atoms with Gasteiger partial charge in [0.1, 0.15) is 11.5 Å². The minimum Gasteiger partial charge on any atom is -0.465 e. The van der Waals surface area contributed by atoms with Crippen LogP contribution in [0.25, 0.3) is 0 Å². The van der Waals surface area contributed by atoms with Gasteiger partial charge in [-0.05, 0) is 17.7 Å². The first-order valence-electron chi connectivity index (χ1n) is 8.26. The third kappa shape index (κ3) is 4.66. The lowest BCUT2D eigenvalue weighted by atomic mass is 10.1. The Morgan fingerprint density at radius 1 is 0.963 bits per heavy atom. The van der Waals surface area contributed by atoms with Crippen LogP contribution in [0, 0.1) is 0 Å². The van der Waals surface area contributed by atoms with Gasteiger partial charge in [0.05, 0.1) is 30.8 Å². The predicted molar refractivity (Wildman–Crippen MR) is 102 cm³/mol. The maximum atomic E-state index is 12.4. The fraction of sp³-hybridized carbons (Fsp3) is 0.100. The third-order valence-corrected chi connectivity index (χ3v) is 3.78. The Bertz CT molecular complexity index is 927. The number of para-hydroxylation sites is 1. The van der Waals surface area contributed by atoms with Gasteiger partial charge in [-0.25, -0.2) is 14.8 Å². The van der Waals surface area contributed by atoms with Crippen molar-refractivity contribution < 1.29 is 14.3 Å². The van der Waals surface area contributed by atoms with E-state index in [1.54, 1.807) is 24.3 Å². The molecule has 0 aliphatic carbocycles. The number of benzene rings is 2. The predicted octanol–water partition coefficient (Wildman–Crippen LogP) is 3.13. The molecule has 0 spiro atoms. The highest BCUT2D eigenvalue weighted by atomic mass is 16.5. The molecule has 0 aliphatic heterocycles. The number of carbonyl (C=O) groups is 2. The van der Waals surface area contributed by atoms with Gasteiger partial charge < -0.3 is 15.4 Å². The van der Waals surface area contributed by atoms with E-state index in [0.29, 0.717) is 18.1 Å². The second-order valence-corrected chi connectivity index (χ2v) is 5.62. The number of carbonyl (C=O) groups excluding carboxylic acids is 2. The largest absolute Gasteiger partial charge is 0.465 e. The highest BCUT2D eigenvalue weighted by Gasteiger charge is 2.15. The molecule has 1 aromatic heterocycles. The molecule has 136 valence electrons. The van der Waals surface area contributed by atoms with Crippen LogP contribution in [0.4, 0.5) is 11.5 Å². The minimum absolute atomic E-state index is 0.139. The van der Waals surface area contributed by atoms with Gasteiger partial charge in [0.2, 0.25) is 0 Å². The van der Waals surface area contributed by atoms with Crippen molar-refractivity contribution in [3.8, 4) is 0 Å². The lowest BCUT2D eigenvalue weighted by Crippen LogP contribution is -2.17. The average molecular weight is 362 g/mol. The fourth-order valence-electron chi connectivity index (χ4n) is 2.39. The van der Waals surface area contributed by atoms with Gasteiger partial charge in [-0.2, -0.15) is 0 Å². The van der Waals surface area contributed by atoms with E-state index in [9.17, 15) is 9.59 Å². The summed E-state index contributed by atoms with van der Waals surface area (Å²) in [6, 6.07) is 16.5. The normalized spacial score (nSPS) is 10.1. The summed E-state index contributed by atoms with van der Waals surface area (Å²) in [5.41, 5.74) is 1.87. The molecular formula is C20H18N4O3. The fourth-order valence-corrected chi connectivity index (χ4v) is 2.39. The zero-order valence-corrected chi connectivity index (χ0v) is 14.7. The Morgan fingerprint density at radius 2 is 1.70 bits per heavy atom. The number of nitrogens with one attached hydrogen (secondary N) is 2. The molecule has 1 amide bonds. The van der Waals surface area contributed by atoms with Crippen LogP contribution < -0.4 is 10.6 Å². The Hall–Kier alpha value is -3.74. The van der Waals surface area contributed by atoms with Crippen molar-refractivity contribution in [3.05, 3.63) is 83.8 Å². The summed E-state index contributed by atoms with van der Waals surface area (Å²) in [5.74, 6) is -0.434. The molecular weight excluding hydrogens is 344 g/mol. The molecule has 2 N–H and O–H groups in total. The van der Waals surface area contributed by atoms with Crippen LogP contribution in [0.15, 0.2) is 67.0 Å². The lowest BCUT2D eigenvalue weighted by Gasteiger charge is -2.09. The summed E-state index contributed by atoms with van der Waals surface area (Å²) in [6.45, 7) is 0.605. The summed E-state index contributed by atoms with van der Waals surface area (Å²) in [7, 11) is 1.29. The summed E-state index contributed by atoms with van der Waals surface area (Å²) in [5, 5.41) is 5.80. The number of nitrogens with zero attached hydrogens (tertiary/aromatic N) is 2. The van der Waals surface area contributed by atoms with Crippen molar-refractivity contribution in [1.29, 1.82) is 0 Å². The number of anilines is 2. The first kappa shape index (κ1) is 18.1. The highest BCUT2D eigenvalue weighted by molar-refractivity contribution is 6.06. The molecule has 7 nitrogen and oxygen atoms in total. The second kappa shape index (κ2) is 8.57. The zero-order chi connectivity index (χ0) is 19.1. The number of ether oxygens (including phenoxy) is 1. The Balaban J connectivity index is 1.65. The van der Waals surface area contributed by atoms with Crippen LogP contribution in [0.3, 0.4) is 0 Å². The number of amides is 1. The second-order valence-electron chi connectivity index (χ2n) is 5.62. The first-order valence-corrected chi connectivity index (χ1v) is 8.26. The molecule has 0 saturated heterocycles. The molecule has 0 fully saturated rings. The van der Waals surface area contributed by atoms with Crippen molar-refractivity contribution in [2.45, 2.75) is 6.54 Å². The first-order chi connectivity index (χ1) is 13.2. The molecule has 0 bridgehead atoms. The van der Waals surface area contributed by atoms with Crippen LogP contribution >= 0.6 is 0 Å². The van der Waals surface area contributed by atoms with E-state index in [1.165, 1.54) is 19.5 Å². The van der Waals surface area contributed by atoms with Crippen LogP contribution in [0.1, 0.15) is 26.4 Å². The topological polar surface area (TPSA) is 93.2 Å². The van der Waals surface area contributed by atoms with Crippen LogP contribution in [0.2, 0.25) is 0 Å². The standard InChI is InChI=1S/C20H18N4O3/c1-27-20(26)15-9-5-6-10-16(15)24-19(25)17-12-23-18(13-21-17)22-11-14-7-3-2-4-8-14/h2-10,12-13H,11H2,1H3,(H,22,23)(H,24,25). The van der Waals surface area contributed by atoms with Gasteiger partial charge in [0, 0.05) is 6.54 Å². The van der Waals surface area contributed by atoms with Crippen molar-refractivity contribution in [2.24, 2.45) is 0 Å². The Labute approximate surface area is 156 Å². The van der Waals surface area contributed by atoms with Gasteiger partial charge in [-0.3, -0.25) is 4.79 Å². The Morgan fingerprint density at radius 3 is 2.41 bits per heavy atom. The monoisotopic (exact) mass is 362 g/mol. The number of aromatic nitrogens is 2. The zero-order valence-electron chi connectivity index (χ0n) is 14.7. The number of hydrogen-bond donors (Lipinski definition) is 2. The van der Waals surface area contributed by atoms with Crippen molar-refractivity contribution >= 4 is 23.4 Å². The van der Waals surface area contributed by atoms with Crippen LogP contribution in [-0.2, 0) is 11.3 Å². The van der Waals surface area contributed by atoms with Crippen LogP contribution in [-0.4, -0.2) is 29.0 Å². The van der Waals surface area contributed by atoms with E-state index in [1.807, 2.05) is 30.3 Å². The summed E-state index contributed by atoms with van der Waals surface area (Å²) in [4.78, 5) is 32.5. The third-order valence-electron chi connectivity index (χ3n) is 3.78. The van der Waals surface area contributed by atoms with E-state index in [-0.39, 0.29) is 11.3 Å².